The molecule has 0 radical (unpaired) electrons. The van der Waals surface area contributed by atoms with Crippen LogP contribution in [0.3, 0.4) is 0 Å². The number of nitrogens with zero attached hydrogens (tertiary/aromatic N) is 1. The van der Waals surface area contributed by atoms with Gasteiger partial charge in [-0.25, -0.2) is 0 Å². The highest BCUT2D eigenvalue weighted by atomic mass is 35.5. The summed E-state index contributed by atoms with van der Waals surface area (Å²) in [4.78, 5) is 53.9. The van der Waals surface area contributed by atoms with Gasteiger partial charge >= 0.3 is 0 Å². The number of benzene rings is 1. The molecule has 0 aromatic heterocycles. The number of nitrogens with one attached hydrogen (secondary N) is 2. The third-order valence-electron chi connectivity index (χ3n) is 7.48. The molecule has 4 amide bonds. The van der Waals surface area contributed by atoms with E-state index < -0.39 is 35.2 Å². The molecular formula is C22H25ClN4O4. The molecule has 1 saturated carbocycles. The van der Waals surface area contributed by atoms with Crippen molar-refractivity contribution in [3.8, 4) is 0 Å². The largest absolute Gasteiger partial charge is 0.370 e. The van der Waals surface area contributed by atoms with Gasteiger partial charge in [-0.05, 0) is 31.4 Å². The third-order valence-corrected chi connectivity index (χ3v) is 7.89. The highest BCUT2D eigenvalue weighted by Crippen LogP contribution is 2.55. The van der Waals surface area contributed by atoms with Crippen molar-refractivity contribution in [2.45, 2.75) is 63.1 Å². The fraction of sp³-hybridized carbons (Fsp3) is 0.545. The SMILES string of the molecule is Cc1c(Cl)ccc2c1NC(=O)[C@]21N[C@@H](CC(N)=O)[C@H]2C(=O)N(C3CCCCC3)C(=O)[C@H]21. The Kier molecular flexibility index (Phi) is 4.64. The molecule has 31 heavy (non-hydrogen) atoms. The molecule has 8 nitrogen and oxygen atoms in total. The van der Waals surface area contributed by atoms with Crippen LogP contribution in [0.25, 0.3) is 0 Å². The van der Waals surface area contributed by atoms with E-state index in [0.717, 1.165) is 32.1 Å². The first kappa shape index (κ1) is 20.5. The molecular weight excluding hydrogens is 420 g/mol. The van der Waals surface area contributed by atoms with Crippen LogP contribution >= 0.6 is 11.6 Å². The standard InChI is InChI=1S/C22H25ClN4O4/c1-10-13(23)8-7-12-18(10)25-21(31)22(12)17-16(14(26-22)9-15(24)28)19(29)27(20(17)30)11-5-3-2-4-6-11/h7-8,11,14,16-17,26H,2-6,9H2,1H3,(H2,24,28)(H,25,31)/t14-,16+,17-,22-/m0/s1. The molecule has 4 aliphatic rings. The van der Waals surface area contributed by atoms with Crippen molar-refractivity contribution < 1.29 is 19.2 Å². The number of primary amides is 1. The number of amides is 4. The van der Waals surface area contributed by atoms with Crippen molar-refractivity contribution >= 4 is 40.9 Å². The van der Waals surface area contributed by atoms with E-state index in [-0.39, 0.29) is 24.3 Å². The Labute approximate surface area is 184 Å². The van der Waals surface area contributed by atoms with Crippen molar-refractivity contribution in [1.29, 1.82) is 0 Å². The number of halogens is 1. The Hall–Kier alpha value is -2.45. The maximum atomic E-state index is 13.7. The van der Waals surface area contributed by atoms with E-state index in [2.05, 4.69) is 10.6 Å². The molecule has 4 atom stereocenters. The second kappa shape index (κ2) is 7.03. The average Bonchev–Trinajstić information content (AvgIpc) is 3.30. The fourth-order valence-corrected chi connectivity index (χ4v) is 6.26. The molecule has 0 unspecified atom stereocenters. The Bertz CT molecular complexity index is 1020. The van der Waals surface area contributed by atoms with Gasteiger partial charge in [0.25, 0.3) is 0 Å². The Morgan fingerprint density at radius 2 is 1.90 bits per heavy atom. The number of hydrogen-bond donors (Lipinski definition) is 3. The molecule has 0 bridgehead atoms. The highest BCUT2D eigenvalue weighted by Gasteiger charge is 2.71. The number of rotatable bonds is 3. The van der Waals surface area contributed by atoms with E-state index in [9.17, 15) is 19.2 Å². The lowest BCUT2D eigenvalue weighted by Crippen LogP contribution is -2.54. The predicted octanol–water partition coefficient (Wildman–Crippen LogP) is 1.58. The lowest BCUT2D eigenvalue weighted by Gasteiger charge is -2.33. The summed E-state index contributed by atoms with van der Waals surface area (Å²) < 4.78 is 0. The van der Waals surface area contributed by atoms with Crippen LogP contribution in [0.5, 0.6) is 0 Å². The lowest BCUT2D eigenvalue weighted by molar-refractivity contribution is -0.146. The highest BCUT2D eigenvalue weighted by molar-refractivity contribution is 6.32. The van der Waals surface area contributed by atoms with E-state index in [0.29, 0.717) is 21.8 Å². The summed E-state index contributed by atoms with van der Waals surface area (Å²) >= 11 is 6.26. The molecule has 5 rings (SSSR count). The monoisotopic (exact) mass is 444 g/mol. The van der Waals surface area contributed by atoms with Crippen LogP contribution in [0, 0.1) is 18.8 Å². The number of imide groups is 1. The van der Waals surface area contributed by atoms with Gasteiger partial charge in [-0.3, -0.25) is 29.4 Å². The Balaban J connectivity index is 1.65. The van der Waals surface area contributed by atoms with Gasteiger partial charge in [0.2, 0.25) is 23.6 Å². The first-order chi connectivity index (χ1) is 14.8. The van der Waals surface area contributed by atoms with Gasteiger partial charge in [0, 0.05) is 29.1 Å². The zero-order valence-electron chi connectivity index (χ0n) is 17.2. The van der Waals surface area contributed by atoms with Gasteiger partial charge < -0.3 is 11.1 Å². The maximum absolute atomic E-state index is 13.7. The van der Waals surface area contributed by atoms with Gasteiger partial charge in [0.05, 0.1) is 17.5 Å². The molecule has 9 heteroatoms. The van der Waals surface area contributed by atoms with Crippen LogP contribution in [-0.2, 0) is 24.7 Å². The first-order valence-corrected chi connectivity index (χ1v) is 11.2. The van der Waals surface area contributed by atoms with E-state index in [1.807, 2.05) is 0 Å². The zero-order chi connectivity index (χ0) is 22.1. The van der Waals surface area contributed by atoms with E-state index >= 15 is 0 Å². The van der Waals surface area contributed by atoms with Crippen LogP contribution in [0.4, 0.5) is 5.69 Å². The molecule has 3 heterocycles. The number of hydrogen-bond acceptors (Lipinski definition) is 5. The minimum Gasteiger partial charge on any atom is -0.370 e. The molecule has 4 N–H and O–H groups in total. The van der Waals surface area contributed by atoms with Gasteiger partial charge in [0.15, 0.2) is 0 Å². The minimum absolute atomic E-state index is 0.129. The number of likely N-dealkylation sites (tertiary alicyclic amines) is 1. The quantitative estimate of drug-likeness (QED) is 0.611. The van der Waals surface area contributed by atoms with E-state index in [1.54, 1.807) is 19.1 Å². The summed E-state index contributed by atoms with van der Waals surface area (Å²) in [7, 11) is 0. The molecule has 164 valence electrons. The molecule has 3 aliphatic heterocycles. The van der Waals surface area contributed by atoms with Crippen molar-refractivity contribution in [3.63, 3.8) is 0 Å². The zero-order valence-corrected chi connectivity index (χ0v) is 18.0. The molecule has 1 aromatic carbocycles. The molecule has 1 aromatic rings. The summed E-state index contributed by atoms with van der Waals surface area (Å²) in [6, 6.07) is 2.57. The Morgan fingerprint density at radius 1 is 1.19 bits per heavy atom. The average molecular weight is 445 g/mol. The topological polar surface area (TPSA) is 122 Å². The first-order valence-electron chi connectivity index (χ1n) is 10.8. The molecule has 3 fully saturated rings. The summed E-state index contributed by atoms with van der Waals surface area (Å²) in [5.74, 6) is -3.36. The summed E-state index contributed by atoms with van der Waals surface area (Å²) in [6.07, 6.45) is 4.43. The maximum Gasteiger partial charge on any atom is 0.250 e. The van der Waals surface area contributed by atoms with Crippen molar-refractivity contribution in [3.05, 3.63) is 28.3 Å². The summed E-state index contributed by atoms with van der Waals surface area (Å²) in [6.45, 7) is 1.80. The smallest absolute Gasteiger partial charge is 0.250 e. The molecule has 1 aliphatic carbocycles. The third kappa shape index (κ3) is 2.70. The van der Waals surface area contributed by atoms with Crippen LogP contribution in [0.15, 0.2) is 12.1 Å². The van der Waals surface area contributed by atoms with Crippen molar-refractivity contribution in [2.75, 3.05) is 5.32 Å². The number of fused-ring (bicyclic) bond motifs is 4. The minimum atomic E-state index is -1.42. The van der Waals surface area contributed by atoms with Crippen LogP contribution in [-0.4, -0.2) is 40.6 Å². The molecule has 2 saturated heterocycles. The van der Waals surface area contributed by atoms with E-state index in [1.165, 1.54) is 4.90 Å². The number of carbonyl (C=O) groups excluding carboxylic acids is 4. The van der Waals surface area contributed by atoms with Crippen LogP contribution in [0.2, 0.25) is 5.02 Å². The number of anilines is 1. The summed E-state index contributed by atoms with van der Waals surface area (Å²) in [5.41, 5.74) is 5.88. The van der Waals surface area contributed by atoms with Crippen LogP contribution in [0.1, 0.15) is 49.7 Å². The second-order valence-corrected chi connectivity index (χ2v) is 9.53. The summed E-state index contributed by atoms with van der Waals surface area (Å²) in [5, 5.41) is 6.58. The van der Waals surface area contributed by atoms with E-state index in [4.69, 9.17) is 17.3 Å². The second-order valence-electron chi connectivity index (χ2n) is 9.12. The van der Waals surface area contributed by atoms with Crippen molar-refractivity contribution in [1.82, 2.24) is 10.2 Å². The Morgan fingerprint density at radius 3 is 2.58 bits per heavy atom. The van der Waals surface area contributed by atoms with Crippen LogP contribution < -0.4 is 16.4 Å². The van der Waals surface area contributed by atoms with Gasteiger partial charge in [-0.1, -0.05) is 36.9 Å². The number of carbonyl (C=O) groups is 4. The lowest BCUT2D eigenvalue weighted by atomic mass is 9.76. The van der Waals surface area contributed by atoms with Crippen molar-refractivity contribution in [2.24, 2.45) is 17.6 Å². The normalized spacial score (nSPS) is 32.5. The van der Waals surface area contributed by atoms with Gasteiger partial charge in [-0.2, -0.15) is 0 Å². The number of nitrogens with two attached hydrogens (primary N) is 1. The van der Waals surface area contributed by atoms with Gasteiger partial charge in [0.1, 0.15) is 5.54 Å². The fourth-order valence-electron chi connectivity index (χ4n) is 6.10. The van der Waals surface area contributed by atoms with Gasteiger partial charge in [-0.15, -0.1) is 0 Å². The molecule has 1 spiro atoms. The predicted molar refractivity (Wildman–Crippen MR) is 113 cm³/mol.